The zero-order chi connectivity index (χ0) is 20.5. The zero-order valence-corrected chi connectivity index (χ0v) is 15.5. The number of benzene rings is 2. The van der Waals surface area contributed by atoms with E-state index in [1.165, 1.54) is 0 Å². The van der Waals surface area contributed by atoms with E-state index >= 15 is 0 Å². The fraction of sp³-hybridized carbons (Fsp3) is 0. The zero-order valence-electron chi connectivity index (χ0n) is 14.0. The van der Waals surface area contributed by atoms with Crippen LogP contribution in [-0.4, -0.2) is 23.9 Å². The molecule has 0 heterocycles. The fourth-order valence-electron chi connectivity index (χ4n) is 1.73. The summed E-state index contributed by atoms with van der Waals surface area (Å²) in [5.74, 6) is -2.42. The van der Waals surface area contributed by atoms with Gasteiger partial charge in [0.2, 0.25) is 0 Å². The van der Waals surface area contributed by atoms with Crippen molar-refractivity contribution in [3.8, 4) is 0 Å². The molecule has 0 unspecified atom stereocenters. The quantitative estimate of drug-likeness (QED) is 0.324. The smallest absolute Gasteiger partial charge is 0.307 e. The summed E-state index contributed by atoms with van der Waals surface area (Å²) in [5, 5.41) is 5.78. The molecule has 28 heavy (non-hydrogen) atoms. The van der Waals surface area contributed by atoms with Crippen molar-refractivity contribution in [2.24, 2.45) is 0 Å². The van der Waals surface area contributed by atoms with Gasteiger partial charge in [0.05, 0.1) is 0 Å². The SMILES string of the molecule is O=C(NNC(=O)C(=O)NNC(=O)Nc1ccc(Cl)cc1)Nc1ccc(Cl)cc1. The summed E-state index contributed by atoms with van der Waals surface area (Å²) in [6.07, 6.45) is 0. The summed E-state index contributed by atoms with van der Waals surface area (Å²) in [6.45, 7) is 0. The van der Waals surface area contributed by atoms with Gasteiger partial charge < -0.3 is 10.6 Å². The van der Waals surface area contributed by atoms with E-state index in [2.05, 4.69) is 10.6 Å². The molecule has 0 radical (unpaired) electrons. The molecule has 12 heteroatoms. The highest BCUT2D eigenvalue weighted by Gasteiger charge is 2.15. The summed E-state index contributed by atoms with van der Waals surface area (Å²) < 4.78 is 0. The number of anilines is 2. The first kappa shape index (κ1) is 20.8. The molecule has 0 saturated heterocycles. The third-order valence-corrected chi connectivity index (χ3v) is 3.49. The van der Waals surface area contributed by atoms with Crippen LogP contribution in [0, 0.1) is 0 Å². The Bertz CT molecular complexity index is 800. The molecule has 0 aromatic heterocycles. The van der Waals surface area contributed by atoms with Gasteiger partial charge in [-0.25, -0.2) is 20.4 Å². The molecule has 0 bridgehead atoms. The molecule has 0 atom stereocenters. The number of carbonyl (C=O) groups is 4. The highest BCUT2D eigenvalue weighted by atomic mass is 35.5. The second-order valence-electron chi connectivity index (χ2n) is 5.08. The van der Waals surface area contributed by atoms with Crippen LogP contribution in [0.25, 0.3) is 0 Å². The van der Waals surface area contributed by atoms with Crippen LogP contribution >= 0.6 is 23.2 Å². The lowest BCUT2D eigenvalue weighted by atomic mass is 10.3. The first-order valence-corrected chi connectivity index (χ1v) is 8.34. The molecular weight excluding hydrogens is 411 g/mol. The van der Waals surface area contributed by atoms with Crippen LogP contribution in [0.4, 0.5) is 21.0 Å². The van der Waals surface area contributed by atoms with Crippen molar-refractivity contribution in [3.05, 3.63) is 58.6 Å². The monoisotopic (exact) mass is 424 g/mol. The predicted octanol–water partition coefficient (Wildman–Crippen LogP) is 2.00. The lowest BCUT2D eigenvalue weighted by Crippen LogP contribution is -2.54. The fourth-order valence-corrected chi connectivity index (χ4v) is 1.98. The largest absolute Gasteiger partial charge is 0.337 e. The Hall–Kier alpha value is -3.50. The van der Waals surface area contributed by atoms with E-state index < -0.39 is 23.9 Å². The van der Waals surface area contributed by atoms with Crippen molar-refractivity contribution in [1.82, 2.24) is 21.7 Å². The van der Waals surface area contributed by atoms with E-state index in [4.69, 9.17) is 23.2 Å². The Labute approximate surface area is 168 Å². The average molecular weight is 425 g/mol. The van der Waals surface area contributed by atoms with Gasteiger partial charge in [0, 0.05) is 21.4 Å². The number of hydrogen-bond acceptors (Lipinski definition) is 4. The molecule has 0 aliphatic rings. The van der Waals surface area contributed by atoms with Crippen LogP contribution < -0.4 is 32.3 Å². The van der Waals surface area contributed by atoms with E-state index in [0.717, 1.165) is 0 Å². The van der Waals surface area contributed by atoms with Crippen molar-refractivity contribution in [2.75, 3.05) is 10.6 Å². The Morgan fingerprint density at radius 1 is 0.536 bits per heavy atom. The number of urea groups is 2. The molecule has 0 aliphatic heterocycles. The standard InChI is InChI=1S/C16H14Cl2N6O4/c17-9-1-5-11(6-2-9)19-15(27)23-21-13(25)14(26)22-24-16(28)20-12-7-3-10(18)4-8-12/h1-8H,(H,21,25)(H,22,26)(H2,19,23,27)(H2,20,24,28). The maximum Gasteiger partial charge on any atom is 0.337 e. The third-order valence-electron chi connectivity index (χ3n) is 2.99. The second kappa shape index (κ2) is 10.00. The van der Waals surface area contributed by atoms with E-state index in [-0.39, 0.29) is 0 Å². The molecule has 0 saturated carbocycles. The van der Waals surface area contributed by atoms with E-state index in [1.54, 1.807) is 48.5 Å². The van der Waals surface area contributed by atoms with Gasteiger partial charge in [-0.3, -0.25) is 20.4 Å². The molecule has 0 fully saturated rings. The number of hydrazine groups is 2. The van der Waals surface area contributed by atoms with Crippen LogP contribution in [0.2, 0.25) is 10.0 Å². The number of hydrogen-bond donors (Lipinski definition) is 6. The highest BCUT2D eigenvalue weighted by molar-refractivity contribution is 6.35. The summed E-state index contributed by atoms with van der Waals surface area (Å²) in [7, 11) is 0. The minimum atomic E-state index is -1.21. The molecular formula is C16H14Cl2N6O4. The van der Waals surface area contributed by atoms with Gasteiger partial charge in [0.1, 0.15) is 0 Å². The van der Waals surface area contributed by atoms with Crippen molar-refractivity contribution in [3.63, 3.8) is 0 Å². The molecule has 6 N–H and O–H groups in total. The summed E-state index contributed by atoms with van der Waals surface area (Å²) in [6, 6.07) is 10.8. The average Bonchev–Trinajstić information content (AvgIpc) is 2.67. The Kier molecular flexibility index (Phi) is 7.43. The van der Waals surface area contributed by atoms with Crippen molar-refractivity contribution in [1.29, 1.82) is 0 Å². The maximum absolute atomic E-state index is 11.6. The van der Waals surface area contributed by atoms with Gasteiger partial charge in [-0.2, -0.15) is 0 Å². The number of nitrogens with one attached hydrogen (secondary N) is 6. The van der Waals surface area contributed by atoms with Crippen LogP contribution in [0.3, 0.4) is 0 Å². The Morgan fingerprint density at radius 3 is 1.18 bits per heavy atom. The predicted molar refractivity (Wildman–Crippen MR) is 103 cm³/mol. The molecule has 146 valence electrons. The number of carbonyl (C=O) groups excluding carboxylic acids is 4. The van der Waals surface area contributed by atoms with Gasteiger partial charge in [-0.15, -0.1) is 0 Å². The molecule has 0 aliphatic carbocycles. The first-order valence-electron chi connectivity index (χ1n) is 7.59. The first-order chi connectivity index (χ1) is 13.3. The summed E-state index contributed by atoms with van der Waals surface area (Å²) in [5.41, 5.74) is 8.52. The Balaban J connectivity index is 1.69. The maximum atomic E-state index is 11.6. The van der Waals surface area contributed by atoms with Crippen molar-refractivity contribution < 1.29 is 19.2 Å². The topological polar surface area (TPSA) is 140 Å². The van der Waals surface area contributed by atoms with Gasteiger partial charge in [-0.05, 0) is 48.5 Å². The van der Waals surface area contributed by atoms with Gasteiger partial charge in [0.15, 0.2) is 0 Å². The Morgan fingerprint density at radius 2 is 0.857 bits per heavy atom. The van der Waals surface area contributed by atoms with E-state index in [9.17, 15) is 19.2 Å². The van der Waals surface area contributed by atoms with Crippen molar-refractivity contribution >= 4 is 58.5 Å². The number of rotatable bonds is 2. The molecule has 2 rings (SSSR count). The minimum absolute atomic E-state index is 0.418. The molecule has 2 aromatic carbocycles. The minimum Gasteiger partial charge on any atom is -0.307 e. The van der Waals surface area contributed by atoms with E-state index in [0.29, 0.717) is 21.4 Å². The molecule has 0 spiro atoms. The lowest BCUT2D eigenvalue weighted by Gasteiger charge is -2.10. The molecule has 10 nitrogen and oxygen atoms in total. The molecule has 2 aromatic rings. The van der Waals surface area contributed by atoms with Crippen LogP contribution in [0.1, 0.15) is 0 Å². The second-order valence-corrected chi connectivity index (χ2v) is 5.95. The third kappa shape index (κ3) is 7.02. The number of amides is 6. The van der Waals surface area contributed by atoms with Crippen molar-refractivity contribution in [2.45, 2.75) is 0 Å². The number of halogens is 2. The van der Waals surface area contributed by atoms with E-state index in [1.807, 2.05) is 21.7 Å². The van der Waals surface area contributed by atoms with Gasteiger partial charge >= 0.3 is 23.9 Å². The lowest BCUT2D eigenvalue weighted by molar-refractivity contribution is -0.140. The highest BCUT2D eigenvalue weighted by Crippen LogP contribution is 2.13. The normalized spacial score (nSPS) is 9.64. The summed E-state index contributed by atoms with van der Waals surface area (Å²) >= 11 is 11.4. The summed E-state index contributed by atoms with van der Waals surface area (Å²) in [4.78, 5) is 46.4. The van der Waals surface area contributed by atoms with Crippen LogP contribution in [0.5, 0.6) is 0 Å². The van der Waals surface area contributed by atoms with Gasteiger partial charge in [-0.1, -0.05) is 23.2 Å². The van der Waals surface area contributed by atoms with Crippen LogP contribution in [0.15, 0.2) is 48.5 Å². The van der Waals surface area contributed by atoms with Crippen LogP contribution in [-0.2, 0) is 9.59 Å². The van der Waals surface area contributed by atoms with Gasteiger partial charge in [0.25, 0.3) is 0 Å². The molecule has 6 amide bonds.